The van der Waals surface area contributed by atoms with Crippen LogP contribution in [0.15, 0.2) is 11.6 Å². The van der Waals surface area contributed by atoms with Gasteiger partial charge in [0.2, 0.25) is 0 Å². The minimum Gasteiger partial charge on any atom is -0.393 e. The molecule has 4 aliphatic carbocycles. The van der Waals surface area contributed by atoms with Crippen LogP contribution in [0.2, 0.25) is 0 Å². The van der Waals surface area contributed by atoms with Crippen LogP contribution in [0.4, 0.5) is 0 Å². The van der Waals surface area contributed by atoms with Crippen molar-refractivity contribution in [2.45, 2.75) is 111 Å². The third-order valence-corrected chi connectivity index (χ3v) is 10.3. The molecule has 0 saturated heterocycles. The standard InChI is InChI=1S/C27H46O/c1-18(2)7-6-8-19(3)23-11-12-24-22-10-9-20-17-21(28)13-15-26(20,4)25(22)14-16-27(23,24)5/h9,18-19,21-25,28H,6-8,10-17H2,1-5H3/t19-,21?,22+,23?,24?,25?,26+,27-/m1/s1. The van der Waals surface area contributed by atoms with E-state index in [0.29, 0.717) is 10.8 Å². The molecule has 0 aromatic carbocycles. The van der Waals surface area contributed by atoms with Gasteiger partial charge in [0, 0.05) is 0 Å². The third-order valence-electron chi connectivity index (χ3n) is 10.3. The first kappa shape index (κ1) is 21.0. The Morgan fingerprint density at radius 1 is 1.00 bits per heavy atom. The zero-order valence-electron chi connectivity index (χ0n) is 19.3. The highest BCUT2D eigenvalue weighted by Gasteiger charge is 2.59. The van der Waals surface area contributed by atoms with Crippen molar-refractivity contribution in [2.75, 3.05) is 0 Å². The van der Waals surface area contributed by atoms with Gasteiger partial charge in [-0.3, -0.25) is 0 Å². The van der Waals surface area contributed by atoms with Crippen LogP contribution in [-0.4, -0.2) is 11.2 Å². The van der Waals surface area contributed by atoms with Gasteiger partial charge in [-0.25, -0.2) is 0 Å². The summed E-state index contributed by atoms with van der Waals surface area (Å²) in [5, 5.41) is 10.2. The van der Waals surface area contributed by atoms with E-state index in [4.69, 9.17) is 0 Å². The van der Waals surface area contributed by atoms with E-state index in [1.807, 2.05) is 0 Å². The van der Waals surface area contributed by atoms with Crippen molar-refractivity contribution in [3.63, 3.8) is 0 Å². The fourth-order valence-corrected chi connectivity index (χ4v) is 8.67. The molecule has 8 atom stereocenters. The van der Waals surface area contributed by atoms with Gasteiger partial charge in [0.15, 0.2) is 0 Å². The first-order valence-corrected chi connectivity index (χ1v) is 12.6. The predicted molar refractivity (Wildman–Crippen MR) is 119 cm³/mol. The first-order chi connectivity index (χ1) is 13.3. The lowest BCUT2D eigenvalue weighted by Crippen LogP contribution is -2.50. The van der Waals surface area contributed by atoms with Crippen LogP contribution in [0.25, 0.3) is 0 Å². The van der Waals surface area contributed by atoms with E-state index in [2.05, 4.69) is 40.7 Å². The molecule has 4 unspecified atom stereocenters. The molecule has 0 heterocycles. The zero-order valence-corrected chi connectivity index (χ0v) is 19.3. The molecule has 1 N–H and O–H groups in total. The summed E-state index contributed by atoms with van der Waals surface area (Å²) in [7, 11) is 0. The van der Waals surface area contributed by atoms with E-state index in [-0.39, 0.29) is 6.10 Å². The highest BCUT2D eigenvalue weighted by atomic mass is 16.3. The fraction of sp³-hybridized carbons (Fsp3) is 0.926. The molecular weight excluding hydrogens is 340 g/mol. The molecule has 1 heteroatoms. The largest absolute Gasteiger partial charge is 0.393 e. The number of rotatable bonds is 5. The minimum atomic E-state index is -0.0766. The second kappa shape index (κ2) is 7.75. The Kier molecular flexibility index (Phi) is 5.80. The third kappa shape index (κ3) is 3.42. The van der Waals surface area contributed by atoms with E-state index in [1.165, 1.54) is 57.8 Å². The van der Waals surface area contributed by atoms with Crippen LogP contribution in [0.3, 0.4) is 0 Å². The van der Waals surface area contributed by atoms with Gasteiger partial charge in [-0.15, -0.1) is 0 Å². The maximum absolute atomic E-state index is 10.2. The fourth-order valence-electron chi connectivity index (χ4n) is 8.67. The summed E-state index contributed by atoms with van der Waals surface area (Å²) >= 11 is 0. The molecule has 0 radical (unpaired) electrons. The molecule has 0 spiro atoms. The normalized spacial score (nSPS) is 46.5. The second-order valence-corrected chi connectivity index (χ2v) is 12.2. The quantitative estimate of drug-likeness (QED) is 0.488. The molecule has 4 aliphatic rings. The lowest BCUT2D eigenvalue weighted by Gasteiger charge is -2.58. The Morgan fingerprint density at radius 2 is 1.79 bits per heavy atom. The number of aliphatic hydroxyl groups is 1. The summed E-state index contributed by atoms with van der Waals surface area (Å²) in [4.78, 5) is 0. The Bertz CT molecular complexity index is 591. The molecule has 160 valence electrons. The van der Waals surface area contributed by atoms with Crippen molar-refractivity contribution in [3.05, 3.63) is 11.6 Å². The maximum Gasteiger partial charge on any atom is 0.0577 e. The van der Waals surface area contributed by atoms with Gasteiger partial charge in [0.25, 0.3) is 0 Å². The molecule has 28 heavy (non-hydrogen) atoms. The average Bonchev–Trinajstić information content (AvgIpc) is 2.99. The van der Waals surface area contributed by atoms with Crippen LogP contribution < -0.4 is 0 Å². The monoisotopic (exact) mass is 386 g/mol. The Hall–Kier alpha value is -0.300. The highest BCUT2D eigenvalue weighted by molar-refractivity contribution is 5.25. The maximum atomic E-state index is 10.2. The van der Waals surface area contributed by atoms with Crippen molar-refractivity contribution in [3.8, 4) is 0 Å². The second-order valence-electron chi connectivity index (χ2n) is 12.2. The Balaban J connectivity index is 1.49. The van der Waals surface area contributed by atoms with Crippen molar-refractivity contribution < 1.29 is 5.11 Å². The minimum absolute atomic E-state index is 0.0766. The summed E-state index contributed by atoms with van der Waals surface area (Å²) in [6.45, 7) is 12.6. The number of hydrogen-bond acceptors (Lipinski definition) is 1. The molecular formula is C27H46O. The lowest BCUT2D eigenvalue weighted by atomic mass is 9.47. The molecule has 0 bridgehead atoms. The van der Waals surface area contributed by atoms with Crippen LogP contribution >= 0.6 is 0 Å². The van der Waals surface area contributed by atoms with E-state index >= 15 is 0 Å². The molecule has 0 aliphatic heterocycles. The number of hydrogen-bond donors (Lipinski definition) is 1. The summed E-state index contributed by atoms with van der Waals surface area (Å²) in [5.41, 5.74) is 2.60. The van der Waals surface area contributed by atoms with Gasteiger partial charge >= 0.3 is 0 Å². The molecule has 0 amide bonds. The summed E-state index contributed by atoms with van der Waals surface area (Å²) < 4.78 is 0. The molecule has 0 aromatic heterocycles. The number of allylic oxidation sites excluding steroid dienone is 1. The Morgan fingerprint density at radius 3 is 2.54 bits per heavy atom. The van der Waals surface area contributed by atoms with Gasteiger partial charge in [0.1, 0.15) is 0 Å². The van der Waals surface area contributed by atoms with Gasteiger partial charge < -0.3 is 5.11 Å². The highest BCUT2D eigenvalue weighted by Crippen LogP contribution is 2.67. The van der Waals surface area contributed by atoms with E-state index < -0.39 is 0 Å². The van der Waals surface area contributed by atoms with E-state index in [0.717, 1.165) is 48.3 Å². The number of aliphatic hydroxyl groups excluding tert-OH is 1. The molecule has 4 rings (SSSR count). The molecule has 0 aromatic rings. The van der Waals surface area contributed by atoms with E-state index in [1.54, 1.807) is 5.57 Å². The van der Waals surface area contributed by atoms with Gasteiger partial charge in [-0.05, 0) is 97.7 Å². The number of fused-ring (bicyclic) bond motifs is 5. The van der Waals surface area contributed by atoms with Crippen molar-refractivity contribution in [1.29, 1.82) is 0 Å². The lowest BCUT2D eigenvalue weighted by molar-refractivity contribution is -0.0573. The average molecular weight is 387 g/mol. The molecule has 3 saturated carbocycles. The smallest absolute Gasteiger partial charge is 0.0577 e. The summed E-state index contributed by atoms with van der Waals surface area (Å²) in [5.74, 6) is 5.46. The Labute approximate surface area is 174 Å². The first-order valence-electron chi connectivity index (χ1n) is 12.6. The van der Waals surface area contributed by atoms with Crippen LogP contribution in [-0.2, 0) is 0 Å². The van der Waals surface area contributed by atoms with E-state index in [9.17, 15) is 5.11 Å². The zero-order chi connectivity index (χ0) is 20.1. The van der Waals surface area contributed by atoms with Crippen molar-refractivity contribution in [1.82, 2.24) is 0 Å². The van der Waals surface area contributed by atoms with Crippen LogP contribution in [0.5, 0.6) is 0 Å². The SMILES string of the molecule is CC(C)CCC[C@@H](C)C1CCC2[C@@H]3CC=C4CC(O)CC[C@]4(C)C3CC[C@@]21C. The predicted octanol–water partition coefficient (Wildman–Crippen LogP) is 7.39. The summed E-state index contributed by atoms with van der Waals surface area (Å²) in [6, 6.07) is 0. The van der Waals surface area contributed by atoms with Crippen molar-refractivity contribution in [2.24, 2.45) is 46.3 Å². The topological polar surface area (TPSA) is 20.2 Å². The van der Waals surface area contributed by atoms with Crippen LogP contribution in [0, 0.1) is 46.3 Å². The van der Waals surface area contributed by atoms with Crippen LogP contribution in [0.1, 0.15) is 105 Å². The molecule has 3 fully saturated rings. The van der Waals surface area contributed by atoms with Gasteiger partial charge in [-0.2, -0.15) is 0 Å². The summed E-state index contributed by atoms with van der Waals surface area (Å²) in [6.07, 6.45) is 17.2. The van der Waals surface area contributed by atoms with Gasteiger partial charge in [0.05, 0.1) is 6.10 Å². The molecule has 1 nitrogen and oxygen atoms in total. The van der Waals surface area contributed by atoms with Gasteiger partial charge in [-0.1, -0.05) is 65.5 Å². The van der Waals surface area contributed by atoms with Crippen molar-refractivity contribution >= 4 is 0 Å².